The van der Waals surface area contributed by atoms with Gasteiger partial charge in [-0.15, -0.1) is 0 Å². The Morgan fingerprint density at radius 2 is 2.30 bits per heavy atom. The van der Waals surface area contributed by atoms with Gasteiger partial charge in [0.1, 0.15) is 6.04 Å². The zero-order valence-electron chi connectivity index (χ0n) is 11.0. The highest BCUT2D eigenvalue weighted by molar-refractivity contribution is 5.91. The van der Waals surface area contributed by atoms with Crippen molar-refractivity contribution in [3.05, 3.63) is 59.3 Å². The van der Waals surface area contributed by atoms with Gasteiger partial charge >= 0.3 is 0 Å². The molecule has 102 valence electrons. The van der Waals surface area contributed by atoms with E-state index in [1.807, 2.05) is 18.2 Å². The molecule has 1 spiro atoms. The highest BCUT2D eigenvalue weighted by atomic mass is 16.3. The Labute approximate surface area is 117 Å². The standard InChI is InChI=1S/C16H16N2O2/c19-12-7-8-13-16(9-3-6-14(20)18-15(12)16)10-4-1-2-5-11(10)17-13/h2-3,5-6,8-9,15,17-18,20H,1,4,7H2. The number of aliphatic hydroxyl groups is 1. The number of aliphatic hydroxyl groups excluding tert-OH is 1. The van der Waals surface area contributed by atoms with Crippen molar-refractivity contribution in [2.75, 3.05) is 0 Å². The number of ketones is 1. The summed E-state index contributed by atoms with van der Waals surface area (Å²) in [5.74, 6) is 0.170. The van der Waals surface area contributed by atoms with Gasteiger partial charge in [-0.3, -0.25) is 4.79 Å². The van der Waals surface area contributed by atoms with Gasteiger partial charge in [-0.05, 0) is 30.6 Å². The lowest BCUT2D eigenvalue weighted by atomic mass is 9.66. The van der Waals surface area contributed by atoms with E-state index in [4.69, 9.17) is 0 Å². The molecular weight excluding hydrogens is 252 g/mol. The Kier molecular flexibility index (Phi) is 2.25. The van der Waals surface area contributed by atoms with Crippen molar-refractivity contribution >= 4 is 5.78 Å². The van der Waals surface area contributed by atoms with E-state index >= 15 is 0 Å². The molecule has 4 aliphatic rings. The van der Waals surface area contributed by atoms with Crippen molar-refractivity contribution in [2.45, 2.75) is 25.3 Å². The number of hydrogen-bond donors (Lipinski definition) is 3. The van der Waals surface area contributed by atoms with Gasteiger partial charge in [0.15, 0.2) is 11.7 Å². The van der Waals surface area contributed by atoms with Gasteiger partial charge in [-0.2, -0.15) is 0 Å². The predicted molar refractivity (Wildman–Crippen MR) is 75.5 cm³/mol. The van der Waals surface area contributed by atoms with Gasteiger partial charge in [0.2, 0.25) is 0 Å². The predicted octanol–water partition coefficient (Wildman–Crippen LogP) is 1.96. The number of Topliss-reactive ketones (excluding diaryl/α,β-unsaturated/α-hetero) is 1. The molecule has 4 rings (SSSR count). The summed E-state index contributed by atoms with van der Waals surface area (Å²) >= 11 is 0. The van der Waals surface area contributed by atoms with Crippen molar-refractivity contribution in [3.63, 3.8) is 0 Å². The maximum absolute atomic E-state index is 12.4. The number of rotatable bonds is 0. The maximum Gasteiger partial charge on any atom is 0.184 e. The highest BCUT2D eigenvalue weighted by Gasteiger charge is 2.53. The Morgan fingerprint density at radius 3 is 3.20 bits per heavy atom. The maximum atomic E-state index is 12.4. The molecule has 0 aromatic heterocycles. The minimum Gasteiger partial charge on any atom is -0.495 e. The number of carbonyl (C=O) groups is 1. The highest BCUT2D eigenvalue weighted by Crippen LogP contribution is 2.51. The second-order valence-corrected chi connectivity index (χ2v) is 5.60. The molecule has 2 atom stereocenters. The van der Waals surface area contributed by atoms with Crippen molar-refractivity contribution in [1.82, 2.24) is 10.6 Å². The molecule has 0 saturated heterocycles. The summed E-state index contributed by atoms with van der Waals surface area (Å²) < 4.78 is 0. The SMILES string of the molecule is O=C1CC=C2NC3=C(CCC=C3)C23C=CC=C(O)NC13. The van der Waals surface area contributed by atoms with Crippen LogP contribution in [0.2, 0.25) is 0 Å². The topological polar surface area (TPSA) is 61.4 Å². The third-order valence-corrected chi connectivity index (χ3v) is 4.58. The van der Waals surface area contributed by atoms with Crippen LogP contribution in [-0.2, 0) is 4.79 Å². The minimum absolute atomic E-state index is 0.0538. The molecule has 0 aromatic rings. The zero-order chi connectivity index (χ0) is 13.7. The summed E-state index contributed by atoms with van der Waals surface area (Å²) in [6.07, 6.45) is 14.1. The Morgan fingerprint density at radius 1 is 1.40 bits per heavy atom. The van der Waals surface area contributed by atoms with Crippen LogP contribution in [0.4, 0.5) is 0 Å². The van der Waals surface area contributed by atoms with Gasteiger partial charge in [0, 0.05) is 17.8 Å². The largest absolute Gasteiger partial charge is 0.495 e. The second kappa shape index (κ2) is 3.88. The quantitative estimate of drug-likeness (QED) is 0.628. The molecule has 2 aliphatic heterocycles. The molecule has 2 aliphatic carbocycles. The van der Waals surface area contributed by atoms with E-state index in [2.05, 4.69) is 22.8 Å². The fourth-order valence-electron chi connectivity index (χ4n) is 3.71. The third kappa shape index (κ3) is 1.33. The molecule has 0 saturated carbocycles. The fraction of sp³-hybridized carbons (Fsp3) is 0.312. The summed E-state index contributed by atoms with van der Waals surface area (Å²) in [5.41, 5.74) is 2.95. The van der Waals surface area contributed by atoms with Crippen LogP contribution < -0.4 is 10.6 Å². The van der Waals surface area contributed by atoms with Gasteiger partial charge in [0.05, 0.1) is 5.41 Å². The van der Waals surface area contributed by atoms with E-state index in [0.29, 0.717) is 6.42 Å². The van der Waals surface area contributed by atoms with Gasteiger partial charge in [-0.25, -0.2) is 0 Å². The lowest BCUT2D eigenvalue weighted by Crippen LogP contribution is -2.52. The van der Waals surface area contributed by atoms with E-state index in [0.717, 1.165) is 24.2 Å². The van der Waals surface area contributed by atoms with E-state index < -0.39 is 11.5 Å². The average molecular weight is 268 g/mol. The van der Waals surface area contributed by atoms with Crippen LogP contribution in [0.25, 0.3) is 0 Å². The summed E-state index contributed by atoms with van der Waals surface area (Å²) in [6.45, 7) is 0. The lowest BCUT2D eigenvalue weighted by molar-refractivity contribution is -0.122. The van der Waals surface area contributed by atoms with Crippen molar-refractivity contribution in [1.29, 1.82) is 0 Å². The number of hydrogen-bond acceptors (Lipinski definition) is 4. The van der Waals surface area contributed by atoms with Crippen LogP contribution in [-0.4, -0.2) is 16.9 Å². The number of carbonyl (C=O) groups excluding carboxylic acids is 1. The van der Waals surface area contributed by atoms with Crippen LogP contribution >= 0.6 is 0 Å². The first-order valence-corrected chi connectivity index (χ1v) is 6.97. The smallest absolute Gasteiger partial charge is 0.184 e. The van der Waals surface area contributed by atoms with Crippen molar-refractivity contribution in [3.8, 4) is 0 Å². The fourth-order valence-corrected chi connectivity index (χ4v) is 3.71. The van der Waals surface area contributed by atoms with Crippen LogP contribution in [0.1, 0.15) is 19.3 Å². The normalized spacial score (nSPS) is 34.2. The van der Waals surface area contributed by atoms with E-state index in [9.17, 15) is 9.90 Å². The molecule has 2 heterocycles. The van der Waals surface area contributed by atoms with Gasteiger partial charge < -0.3 is 15.7 Å². The molecule has 0 amide bonds. The second-order valence-electron chi connectivity index (χ2n) is 5.60. The zero-order valence-corrected chi connectivity index (χ0v) is 11.0. The third-order valence-electron chi connectivity index (χ3n) is 4.58. The first kappa shape index (κ1) is 11.6. The Hall–Kier alpha value is -2.23. The van der Waals surface area contributed by atoms with Crippen LogP contribution in [0.3, 0.4) is 0 Å². The van der Waals surface area contributed by atoms with Crippen LogP contribution in [0.15, 0.2) is 59.3 Å². The first-order chi connectivity index (χ1) is 9.72. The molecule has 0 aromatic carbocycles. The number of nitrogens with one attached hydrogen (secondary N) is 2. The molecule has 20 heavy (non-hydrogen) atoms. The molecule has 0 radical (unpaired) electrons. The van der Waals surface area contributed by atoms with Crippen LogP contribution in [0, 0.1) is 5.41 Å². The summed E-state index contributed by atoms with van der Waals surface area (Å²) in [6, 6.07) is -0.427. The van der Waals surface area contributed by atoms with E-state index in [1.54, 1.807) is 6.08 Å². The molecule has 2 unspecified atom stereocenters. The van der Waals surface area contributed by atoms with Crippen molar-refractivity contribution in [2.24, 2.45) is 5.41 Å². The van der Waals surface area contributed by atoms with Crippen molar-refractivity contribution < 1.29 is 9.90 Å². The Bertz CT molecular complexity index is 651. The Balaban J connectivity index is 1.94. The molecular formula is C16H16N2O2. The van der Waals surface area contributed by atoms with Gasteiger partial charge in [-0.1, -0.05) is 24.3 Å². The molecule has 0 bridgehead atoms. The molecule has 3 N–H and O–H groups in total. The van der Waals surface area contributed by atoms with E-state index in [1.165, 1.54) is 5.57 Å². The lowest BCUT2D eigenvalue weighted by Gasteiger charge is -2.39. The molecule has 4 nitrogen and oxygen atoms in total. The molecule has 0 fully saturated rings. The average Bonchev–Trinajstić information content (AvgIpc) is 2.65. The van der Waals surface area contributed by atoms with E-state index in [-0.39, 0.29) is 11.7 Å². The summed E-state index contributed by atoms with van der Waals surface area (Å²) in [5, 5.41) is 16.3. The molecule has 4 heteroatoms. The summed E-state index contributed by atoms with van der Waals surface area (Å²) in [7, 11) is 0. The summed E-state index contributed by atoms with van der Waals surface area (Å²) in [4.78, 5) is 12.4. The van der Waals surface area contributed by atoms with Gasteiger partial charge in [0.25, 0.3) is 0 Å². The monoisotopic (exact) mass is 268 g/mol. The van der Waals surface area contributed by atoms with Crippen LogP contribution in [0.5, 0.6) is 0 Å². The first-order valence-electron chi connectivity index (χ1n) is 6.97. The number of allylic oxidation sites excluding steroid dienone is 5. The minimum atomic E-state index is -0.462.